The summed E-state index contributed by atoms with van der Waals surface area (Å²) >= 11 is 0. The van der Waals surface area contributed by atoms with Gasteiger partial charge in [-0.3, -0.25) is 0 Å². The Morgan fingerprint density at radius 1 is 1.03 bits per heavy atom. The highest BCUT2D eigenvalue weighted by atomic mass is 16.5. The number of benzene rings is 2. The van der Waals surface area contributed by atoms with E-state index in [1.807, 2.05) is 24.3 Å². The van der Waals surface area contributed by atoms with Crippen molar-refractivity contribution >= 4 is 22.6 Å². The number of esters is 1. The predicted molar refractivity (Wildman–Crippen MR) is 108 cm³/mol. The molecule has 0 aliphatic heterocycles. The number of ether oxygens (including phenoxy) is 3. The average Bonchev–Trinajstić information content (AvgIpc) is 3.22. The molecule has 9 heteroatoms. The van der Waals surface area contributed by atoms with Crippen molar-refractivity contribution < 1.29 is 19.0 Å². The van der Waals surface area contributed by atoms with Gasteiger partial charge in [0.1, 0.15) is 23.2 Å². The highest BCUT2D eigenvalue weighted by molar-refractivity contribution is 6.17. The molecular formula is C21H17N5O4. The summed E-state index contributed by atoms with van der Waals surface area (Å²) in [5.74, 6) is 0.616. The number of hydrogen-bond acceptors (Lipinski definition) is 8. The van der Waals surface area contributed by atoms with E-state index in [1.54, 1.807) is 35.0 Å². The third kappa shape index (κ3) is 3.68. The number of carbonyl (C=O) groups is 1. The Hall–Kier alpha value is -4.27. The van der Waals surface area contributed by atoms with E-state index >= 15 is 0 Å². The zero-order chi connectivity index (χ0) is 20.9. The summed E-state index contributed by atoms with van der Waals surface area (Å²) in [4.78, 5) is 20.6. The van der Waals surface area contributed by atoms with Crippen molar-refractivity contribution in [3.05, 3.63) is 72.8 Å². The topological polar surface area (TPSA) is 101 Å². The first-order chi connectivity index (χ1) is 14.7. The maximum Gasteiger partial charge on any atom is 0.341 e. The Morgan fingerprint density at radius 3 is 2.67 bits per heavy atom. The van der Waals surface area contributed by atoms with Crippen LogP contribution in [0.1, 0.15) is 5.56 Å². The zero-order valence-corrected chi connectivity index (χ0v) is 16.2. The van der Waals surface area contributed by atoms with Crippen LogP contribution in [-0.4, -0.2) is 45.2 Å². The molecule has 0 unspecified atom stereocenters. The molecule has 0 bridgehead atoms. The van der Waals surface area contributed by atoms with Gasteiger partial charge in [-0.15, -0.1) is 5.10 Å². The van der Waals surface area contributed by atoms with E-state index < -0.39 is 5.97 Å². The second kappa shape index (κ2) is 8.39. The van der Waals surface area contributed by atoms with E-state index in [9.17, 15) is 4.79 Å². The number of rotatable bonds is 6. The molecule has 4 aromatic rings. The van der Waals surface area contributed by atoms with Crippen molar-refractivity contribution in [1.29, 1.82) is 0 Å². The van der Waals surface area contributed by atoms with E-state index in [0.717, 1.165) is 11.0 Å². The Balaban J connectivity index is 1.71. The maximum absolute atomic E-state index is 12.2. The van der Waals surface area contributed by atoms with Gasteiger partial charge in [0.25, 0.3) is 0 Å². The van der Waals surface area contributed by atoms with E-state index in [0.29, 0.717) is 17.1 Å². The van der Waals surface area contributed by atoms with Gasteiger partial charge in [0.15, 0.2) is 5.82 Å². The first-order valence-electron chi connectivity index (χ1n) is 8.92. The van der Waals surface area contributed by atoms with Crippen LogP contribution in [-0.2, 0) is 14.3 Å². The number of fused-ring (bicyclic) bond motifs is 1. The van der Waals surface area contributed by atoms with Gasteiger partial charge in [0, 0.05) is 11.6 Å². The first kappa shape index (κ1) is 19.1. The van der Waals surface area contributed by atoms with Gasteiger partial charge >= 0.3 is 5.97 Å². The fourth-order valence-electron chi connectivity index (χ4n) is 2.88. The fraction of sp³-hybridized carbons (Fsp3) is 0.0952. The lowest BCUT2D eigenvalue weighted by Gasteiger charge is -2.12. The lowest BCUT2D eigenvalue weighted by atomic mass is 10.1. The third-order valence-electron chi connectivity index (χ3n) is 4.23. The molecule has 30 heavy (non-hydrogen) atoms. The molecule has 0 aliphatic carbocycles. The number of carbonyl (C=O) groups excluding carboxylic acids is 1. The predicted octanol–water partition coefficient (Wildman–Crippen LogP) is 3.16. The van der Waals surface area contributed by atoms with Crippen LogP contribution >= 0.6 is 0 Å². The highest BCUT2D eigenvalue weighted by Gasteiger charge is 2.18. The molecule has 0 saturated carbocycles. The summed E-state index contributed by atoms with van der Waals surface area (Å²) in [6, 6.07) is 16.2. The Kier molecular flexibility index (Phi) is 5.33. The minimum absolute atomic E-state index is 0.215. The van der Waals surface area contributed by atoms with Crippen LogP contribution in [0.5, 0.6) is 11.6 Å². The van der Waals surface area contributed by atoms with Crippen molar-refractivity contribution in [3.8, 4) is 17.4 Å². The molecule has 2 heterocycles. The number of para-hydroxylation sites is 2. The van der Waals surface area contributed by atoms with Crippen molar-refractivity contribution in [2.24, 2.45) is 0 Å². The van der Waals surface area contributed by atoms with Crippen molar-refractivity contribution in [2.45, 2.75) is 0 Å². The van der Waals surface area contributed by atoms with Crippen LogP contribution in [0.3, 0.4) is 0 Å². The van der Waals surface area contributed by atoms with E-state index in [4.69, 9.17) is 14.2 Å². The standard InChI is InChI=1S/C21H17N5O4/c1-28-12-15(21(27)29-2)14-7-3-6-10-18(14)30-20-11-19(22-13-23-20)26-17-9-5-4-8-16(17)24-25-26/h3-13H,1-2H3/b15-12+. The average molecular weight is 403 g/mol. The molecule has 2 aromatic carbocycles. The molecule has 4 rings (SSSR count). The second-order valence-corrected chi connectivity index (χ2v) is 6.06. The molecule has 0 atom stereocenters. The molecule has 0 radical (unpaired) electrons. The maximum atomic E-state index is 12.2. The lowest BCUT2D eigenvalue weighted by Crippen LogP contribution is -2.06. The molecule has 150 valence electrons. The van der Waals surface area contributed by atoms with Crippen LogP contribution in [0.4, 0.5) is 0 Å². The summed E-state index contributed by atoms with van der Waals surface area (Å²) < 4.78 is 17.4. The van der Waals surface area contributed by atoms with Crippen LogP contribution in [0.15, 0.2) is 67.2 Å². The summed E-state index contributed by atoms with van der Waals surface area (Å²) in [7, 11) is 2.75. The number of aromatic nitrogens is 5. The van der Waals surface area contributed by atoms with Crippen LogP contribution in [0.2, 0.25) is 0 Å². The van der Waals surface area contributed by atoms with Gasteiger partial charge in [0.2, 0.25) is 5.88 Å². The monoisotopic (exact) mass is 403 g/mol. The third-order valence-corrected chi connectivity index (χ3v) is 4.23. The number of nitrogens with zero attached hydrogens (tertiary/aromatic N) is 5. The normalized spacial score (nSPS) is 11.3. The summed E-state index contributed by atoms with van der Waals surface area (Å²) in [6.45, 7) is 0. The highest BCUT2D eigenvalue weighted by Crippen LogP contribution is 2.30. The van der Waals surface area contributed by atoms with Crippen LogP contribution < -0.4 is 4.74 Å². The van der Waals surface area contributed by atoms with Gasteiger partial charge in [-0.05, 0) is 18.2 Å². The molecule has 0 aliphatic rings. The van der Waals surface area contributed by atoms with Crippen LogP contribution in [0.25, 0.3) is 22.4 Å². The van der Waals surface area contributed by atoms with Crippen molar-refractivity contribution in [1.82, 2.24) is 25.0 Å². The molecule has 0 saturated heterocycles. The molecule has 0 fully saturated rings. The van der Waals surface area contributed by atoms with E-state index in [-0.39, 0.29) is 11.5 Å². The molecular weight excluding hydrogens is 386 g/mol. The molecule has 0 amide bonds. The fourth-order valence-corrected chi connectivity index (χ4v) is 2.88. The van der Waals surface area contributed by atoms with E-state index in [1.165, 1.54) is 26.8 Å². The Bertz CT molecular complexity index is 1230. The quantitative estimate of drug-likeness (QED) is 0.275. The Morgan fingerprint density at radius 2 is 1.83 bits per heavy atom. The SMILES string of the molecule is CO/C=C(/C(=O)OC)c1ccccc1Oc1cc(-n2nnc3ccccc32)ncn1. The minimum Gasteiger partial charge on any atom is -0.503 e. The van der Waals surface area contributed by atoms with Gasteiger partial charge in [0.05, 0.1) is 26.0 Å². The number of hydrogen-bond donors (Lipinski definition) is 0. The second-order valence-electron chi connectivity index (χ2n) is 6.06. The van der Waals surface area contributed by atoms with Gasteiger partial charge in [-0.2, -0.15) is 4.68 Å². The summed E-state index contributed by atoms with van der Waals surface area (Å²) in [5, 5.41) is 8.29. The molecule has 0 N–H and O–H groups in total. The van der Waals surface area contributed by atoms with Gasteiger partial charge in [-0.25, -0.2) is 14.8 Å². The zero-order valence-electron chi connectivity index (χ0n) is 16.2. The summed E-state index contributed by atoms with van der Waals surface area (Å²) in [5.41, 5.74) is 2.26. The van der Waals surface area contributed by atoms with Crippen molar-refractivity contribution in [2.75, 3.05) is 14.2 Å². The first-order valence-corrected chi connectivity index (χ1v) is 8.92. The largest absolute Gasteiger partial charge is 0.503 e. The minimum atomic E-state index is -0.551. The Labute approximate surface area is 171 Å². The van der Waals surface area contributed by atoms with Crippen LogP contribution in [0, 0.1) is 0 Å². The molecule has 9 nitrogen and oxygen atoms in total. The number of methoxy groups -OCH3 is 2. The van der Waals surface area contributed by atoms with E-state index in [2.05, 4.69) is 20.3 Å². The lowest BCUT2D eigenvalue weighted by molar-refractivity contribution is -0.133. The van der Waals surface area contributed by atoms with Gasteiger partial charge < -0.3 is 14.2 Å². The smallest absolute Gasteiger partial charge is 0.341 e. The van der Waals surface area contributed by atoms with Crippen molar-refractivity contribution in [3.63, 3.8) is 0 Å². The molecule has 2 aromatic heterocycles. The van der Waals surface area contributed by atoms with Gasteiger partial charge in [-0.1, -0.05) is 35.5 Å². The molecule has 0 spiro atoms. The summed E-state index contributed by atoms with van der Waals surface area (Å²) in [6.07, 6.45) is 2.68.